The van der Waals surface area contributed by atoms with Crippen molar-refractivity contribution in [1.82, 2.24) is 5.32 Å². The van der Waals surface area contributed by atoms with Crippen LogP contribution in [0.1, 0.15) is 25.8 Å². The monoisotopic (exact) mass is 263 g/mol. The van der Waals surface area contributed by atoms with Crippen LogP contribution in [0.3, 0.4) is 0 Å². The molecule has 0 spiro atoms. The van der Waals surface area contributed by atoms with Gasteiger partial charge in [0, 0.05) is 6.54 Å². The second-order valence-electron chi connectivity index (χ2n) is 5.59. The van der Waals surface area contributed by atoms with Gasteiger partial charge in [0.05, 0.1) is 0 Å². The fourth-order valence-electron chi connectivity index (χ4n) is 2.19. The number of rotatable bonds is 8. The molecular formula is C16H25NO2. The molecule has 1 fully saturated rings. The van der Waals surface area contributed by atoms with Crippen molar-refractivity contribution >= 4 is 0 Å². The number of hydrogen-bond donors (Lipinski definition) is 2. The summed E-state index contributed by atoms with van der Waals surface area (Å²) in [4.78, 5) is 0. The fourth-order valence-corrected chi connectivity index (χ4v) is 2.19. The van der Waals surface area contributed by atoms with E-state index in [0.717, 1.165) is 30.6 Å². The number of aliphatic hydroxyl groups is 1. The Morgan fingerprint density at radius 1 is 1.37 bits per heavy atom. The quantitative estimate of drug-likeness (QED) is 0.756. The molecule has 0 bridgehead atoms. The predicted molar refractivity (Wildman–Crippen MR) is 77.5 cm³/mol. The Morgan fingerprint density at radius 3 is 2.63 bits per heavy atom. The van der Waals surface area contributed by atoms with Gasteiger partial charge in [0.1, 0.15) is 18.5 Å². The van der Waals surface area contributed by atoms with E-state index in [9.17, 15) is 5.11 Å². The van der Waals surface area contributed by atoms with Crippen LogP contribution in [0.15, 0.2) is 24.3 Å². The molecule has 1 aliphatic rings. The number of hydrogen-bond acceptors (Lipinski definition) is 3. The first kappa shape index (κ1) is 14.4. The van der Waals surface area contributed by atoms with E-state index in [1.807, 2.05) is 12.1 Å². The zero-order valence-electron chi connectivity index (χ0n) is 11.9. The van der Waals surface area contributed by atoms with Gasteiger partial charge in [0.15, 0.2) is 0 Å². The molecule has 3 heteroatoms. The van der Waals surface area contributed by atoms with Crippen LogP contribution in [0.4, 0.5) is 0 Å². The maximum absolute atomic E-state index is 9.82. The number of benzene rings is 1. The Bertz CT molecular complexity index is 377. The third-order valence-corrected chi connectivity index (χ3v) is 3.84. The summed E-state index contributed by atoms with van der Waals surface area (Å²) in [6.07, 6.45) is 1.91. The van der Waals surface area contributed by atoms with Gasteiger partial charge in [-0.2, -0.15) is 0 Å². The molecule has 2 N–H and O–H groups in total. The van der Waals surface area contributed by atoms with Crippen molar-refractivity contribution in [3.8, 4) is 5.75 Å². The average Bonchev–Trinajstić information content (AvgIpc) is 3.13. The van der Waals surface area contributed by atoms with Gasteiger partial charge in [-0.3, -0.25) is 0 Å². The van der Waals surface area contributed by atoms with E-state index in [2.05, 4.69) is 31.3 Å². The van der Waals surface area contributed by atoms with Crippen molar-refractivity contribution < 1.29 is 9.84 Å². The molecule has 0 aliphatic heterocycles. The highest BCUT2D eigenvalue weighted by atomic mass is 16.5. The minimum absolute atomic E-state index is 0.346. The van der Waals surface area contributed by atoms with Crippen LogP contribution in [0.2, 0.25) is 0 Å². The molecule has 3 atom stereocenters. The van der Waals surface area contributed by atoms with Gasteiger partial charge in [-0.05, 0) is 48.9 Å². The number of nitrogens with one attached hydrogen (secondary N) is 1. The van der Waals surface area contributed by atoms with Crippen molar-refractivity contribution in [3.63, 3.8) is 0 Å². The smallest absolute Gasteiger partial charge is 0.119 e. The molecule has 0 heterocycles. The number of aryl methyl sites for hydroxylation is 1. The van der Waals surface area contributed by atoms with E-state index in [4.69, 9.17) is 4.74 Å². The van der Waals surface area contributed by atoms with Crippen LogP contribution in [-0.2, 0) is 6.42 Å². The Kier molecular flexibility index (Phi) is 5.23. The SMILES string of the molecule is CCc1ccc(OCC(O)CNCC2CC2C)cc1. The summed E-state index contributed by atoms with van der Waals surface area (Å²) in [5.41, 5.74) is 1.30. The van der Waals surface area contributed by atoms with Crippen molar-refractivity contribution in [2.45, 2.75) is 32.8 Å². The highest BCUT2D eigenvalue weighted by molar-refractivity contribution is 5.27. The summed E-state index contributed by atoms with van der Waals surface area (Å²) in [5, 5.41) is 13.1. The Hall–Kier alpha value is -1.06. The first-order valence-electron chi connectivity index (χ1n) is 7.29. The first-order chi connectivity index (χ1) is 9.19. The summed E-state index contributed by atoms with van der Waals surface area (Å²) in [5.74, 6) is 2.50. The second kappa shape index (κ2) is 6.92. The van der Waals surface area contributed by atoms with Crippen molar-refractivity contribution in [2.24, 2.45) is 11.8 Å². The van der Waals surface area contributed by atoms with Crippen LogP contribution >= 0.6 is 0 Å². The summed E-state index contributed by atoms with van der Waals surface area (Å²) in [6, 6.07) is 8.05. The molecule has 1 aromatic rings. The molecule has 3 nitrogen and oxygen atoms in total. The third kappa shape index (κ3) is 4.84. The fraction of sp³-hybridized carbons (Fsp3) is 0.625. The van der Waals surface area contributed by atoms with E-state index in [1.54, 1.807) is 0 Å². The standard InChI is InChI=1S/C16H25NO2/c1-3-13-4-6-16(7-5-13)19-11-15(18)10-17-9-14-8-12(14)2/h4-7,12,14-15,17-18H,3,8-11H2,1-2H3. The van der Waals surface area contributed by atoms with Crippen LogP contribution in [0.25, 0.3) is 0 Å². The second-order valence-corrected chi connectivity index (χ2v) is 5.59. The van der Waals surface area contributed by atoms with E-state index < -0.39 is 6.10 Å². The van der Waals surface area contributed by atoms with E-state index in [-0.39, 0.29) is 0 Å². The zero-order valence-corrected chi connectivity index (χ0v) is 11.9. The number of aliphatic hydroxyl groups excluding tert-OH is 1. The lowest BCUT2D eigenvalue weighted by Crippen LogP contribution is -2.32. The molecule has 0 aromatic heterocycles. The van der Waals surface area contributed by atoms with Gasteiger partial charge in [-0.25, -0.2) is 0 Å². The minimum Gasteiger partial charge on any atom is -0.491 e. The summed E-state index contributed by atoms with van der Waals surface area (Å²) in [7, 11) is 0. The lowest BCUT2D eigenvalue weighted by Gasteiger charge is -2.13. The molecule has 1 saturated carbocycles. The Morgan fingerprint density at radius 2 is 2.05 bits per heavy atom. The highest BCUT2D eigenvalue weighted by Gasteiger charge is 2.31. The largest absolute Gasteiger partial charge is 0.491 e. The third-order valence-electron chi connectivity index (χ3n) is 3.84. The first-order valence-corrected chi connectivity index (χ1v) is 7.29. The molecule has 3 unspecified atom stereocenters. The molecule has 0 saturated heterocycles. The van der Waals surface area contributed by atoms with Gasteiger partial charge >= 0.3 is 0 Å². The topological polar surface area (TPSA) is 41.5 Å². The summed E-state index contributed by atoms with van der Waals surface area (Å²) in [6.45, 7) is 6.37. The minimum atomic E-state index is -0.445. The van der Waals surface area contributed by atoms with Crippen molar-refractivity contribution in [2.75, 3.05) is 19.7 Å². The van der Waals surface area contributed by atoms with E-state index >= 15 is 0 Å². The van der Waals surface area contributed by atoms with Crippen LogP contribution in [0, 0.1) is 11.8 Å². The van der Waals surface area contributed by atoms with Gasteiger partial charge in [-0.1, -0.05) is 26.0 Å². The van der Waals surface area contributed by atoms with Crippen molar-refractivity contribution in [1.29, 1.82) is 0 Å². The average molecular weight is 263 g/mol. The Labute approximate surface area is 116 Å². The molecule has 1 aromatic carbocycles. The molecule has 2 rings (SSSR count). The zero-order chi connectivity index (χ0) is 13.7. The van der Waals surface area contributed by atoms with Crippen molar-refractivity contribution in [3.05, 3.63) is 29.8 Å². The number of ether oxygens (including phenoxy) is 1. The normalized spacial score (nSPS) is 23.1. The Balaban J connectivity index is 1.60. The summed E-state index contributed by atoms with van der Waals surface area (Å²) >= 11 is 0. The lowest BCUT2D eigenvalue weighted by molar-refractivity contribution is 0.106. The summed E-state index contributed by atoms with van der Waals surface area (Å²) < 4.78 is 5.57. The van der Waals surface area contributed by atoms with Gasteiger partial charge in [0.2, 0.25) is 0 Å². The van der Waals surface area contributed by atoms with E-state index in [0.29, 0.717) is 13.2 Å². The molecule has 106 valence electrons. The van der Waals surface area contributed by atoms with Crippen LogP contribution < -0.4 is 10.1 Å². The van der Waals surface area contributed by atoms with Gasteiger partial charge < -0.3 is 15.2 Å². The van der Waals surface area contributed by atoms with Gasteiger partial charge in [0.25, 0.3) is 0 Å². The maximum atomic E-state index is 9.82. The van der Waals surface area contributed by atoms with Gasteiger partial charge in [-0.15, -0.1) is 0 Å². The molecule has 0 radical (unpaired) electrons. The molecule has 0 amide bonds. The van der Waals surface area contributed by atoms with E-state index in [1.165, 1.54) is 12.0 Å². The molecule has 1 aliphatic carbocycles. The van der Waals surface area contributed by atoms with Crippen LogP contribution in [-0.4, -0.2) is 30.9 Å². The van der Waals surface area contributed by atoms with Crippen LogP contribution in [0.5, 0.6) is 5.75 Å². The predicted octanol–water partition coefficient (Wildman–Crippen LogP) is 2.23. The molecule has 19 heavy (non-hydrogen) atoms. The highest BCUT2D eigenvalue weighted by Crippen LogP contribution is 2.36. The maximum Gasteiger partial charge on any atom is 0.119 e. The lowest BCUT2D eigenvalue weighted by atomic mass is 10.2. The molecular weight excluding hydrogens is 238 g/mol.